The van der Waals surface area contributed by atoms with Crippen LogP contribution in [0.4, 0.5) is 0 Å². The number of hydrogen-bond donors (Lipinski definition) is 0. The third-order valence-corrected chi connectivity index (χ3v) is 5.76. The summed E-state index contributed by atoms with van der Waals surface area (Å²) in [7, 11) is 1.66. The Morgan fingerprint density at radius 3 is 2.93 bits per heavy atom. The Labute approximate surface area is 172 Å². The molecule has 6 heteroatoms. The highest BCUT2D eigenvalue weighted by molar-refractivity contribution is 5.80. The summed E-state index contributed by atoms with van der Waals surface area (Å²) in [5.41, 5.74) is 3.19. The number of hydrogen-bond acceptors (Lipinski definition) is 5. The van der Waals surface area contributed by atoms with Crippen LogP contribution in [-0.4, -0.2) is 60.6 Å². The van der Waals surface area contributed by atoms with E-state index < -0.39 is 0 Å². The molecule has 0 spiro atoms. The summed E-state index contributed by atoms with van der Waals surface area (Å²) in [5.74, 6) is 1.74. The molecule has 1 saturated heterocycles. The Morgan fingerprint density at radius 2 is 2.10 bits per heavy atom. The molecule has 0 saturated carbocycles. The fourth-order valence-electron chi connectivity index (χ4n) is 4.18. The summed E-state index contributed by atoms with van der Waals surface area (Å²) in [6, 6.07) is 12.0. The van der Waals surface area contributed by atoms with E-state index in [1.54, 1.807) is 7.11 Å². The van der Waals surface area contributed by atoms with Crippen molar-refractivity contribution in [2.24, 2.45) is 5.92 Å². The lowest BCUT2D eigenvalue weighted by Gasteiger charge is -2.30. The first kappa shape index (κ1) is 19.7. The highest BCUT2D eigenvalue weighted by Gasteiger charge is 2.30. The maximum absolute atomic E-state index is 13.2. The molecule has 3 heterocycles. The fourth-order valence-corrected chi connectivity index (χ4v) is 4.18. The Kier molecular flexibility index (Phi) is 6.00. The molecule has 1 aromatic heterocycles. The van der Waals surface area contributed by atoms with Crippen molar-refractivity contribution in [3.05, 3.63) is 53.3 Å². The zero-order chi connectivity index (χ0) is 20.2. The van der Waals surface area contributed by atoms with Crippen LogP contribution in [0, 0.1) is 12.8 Å². The first-order valence-electron chi connectivity index (χ1n) is 10.4. The normalized spacial score (nSPS) is 19.8. The first-order chi connectivity index (χ1) is 14.1. The number of methoxy groups -OCH3 is 1. The van der Waals surface area contributed by atoms with Gasteiger partial charge in [-0.05, 0) is 55.7 Å². The van der Waals surface area contributed by atoms with Gasteiger partial charge in [0, 0.05) is 38.4 Å². The Morgan fingerprint density at radius 1 is 1.21 bits per heavy atom. The summed E-state index contributed by atoms with van der Waals surface area (Å²) in [6.45, 7) is 6.73. The Hall–Kier alpha value is -2.60. The van der Waals surface area contributed by atoms with Gasteiger partial charge in [-0.1, -0.05) is 6.07 Å². The van der Waals surface area contributed by atoms with Gasteiger partial charge in [-0.25, -0.2) is 0 Å². The third-order valence-electron chi connectivity index (χ3n) is 5.76. The fraction of sp³-hybridized carbons (Fsp3) is 0.478. The molecule has 6 nitrogen and oxygen atoms in total. The number of rotatable bonds is 4. The zero-order valence-corrected chi connectivity index (χ0v) is 17.3. The maximum Gasteiger partial charge on any atom is 0.229 e. The van der Waals surface area contributed by atoms with Crippen LogP contribution in [0.25, 0.3) is 0 Å². The SMILES string of the molecule is COc1ccc2c(c1)C[C@H](C(=O)N1CCCN(Cc3cccc(C)n3)CC1)CO2. The van der Waals surface area contributed by atoms with Gasteiger partial charge in [0.2, 0.25) is 5.91 Å². The molecular formula is C23H29N3O3. The number of carbonyl (C=O) groups is 1. The summed E-state index contributed by atoms with van der Waals surface area (Å²) in [4.78, 5) is 22.2. The van der Waals surface area contributed by atoms with E-state index in [4.69, 9.17) is 9.47 Å². The van der Waals surface area contributed by atoms with Crippen molar-refractivity contribution in [3.8, 4) is 11.5 Å². The molecule has 1 aromatic carbocycles. The van der Waals surface area contributed by atoms with Crippen LogP contribution in [0.5, 0.6) is 11.5 Å². The maximum atomic E-state index is 13.2. The van der Waals surface area contributed by atoms with Crippen LogP contribution in [0.1, 0.15) is 23.4 Å². The van der Waals surface area contributed by atoms with Crippen LogP contribution < -0.4 is 9.47 Å². The van der Waals surface area contributed by atoms with E-state index in [0.717, 1.165) is 67.6 Å². The number of ether oxygens (including phenoxy) is 2. The number of nitrogens with zero attached hydrogens (tertiary/aromatic N) is 3. The largest absolute Gasteiger partial charge is 0.497 e. The van der Waals surface area contributed by atoms with Gasteiger partial charge in [0.15, 0.2) is 0 Å². The second-order valence-electron chi connectivity index (χ2n) is 7.91. The number of benzene rings is 1. The van der Waals surface area contributed by atoms with E-state index in [2.05, 4.69) is 22.0 Å². The van der Waals surface area contributed by atoms with E-state index in [1.807, 2.05) is 36.1 Å². The molecule has 0 aliphatic carbocycles. The van der Waals surface area contributed by atoms with Gasteiger partial charge in [0.05, 0.1) is 18.7 Å². The monoisotopic (exact) mass is 395 g/mol. The van der Waals surface area contributed by atoms with E-state index in [9.17, 15) is 4.79 Å². The summed E-state index contributed by atoms with van der Waals surface area (Å²) in [5, 5.41) is 0. The third kappa shape index (κ3) is 4.70. The van der Waals surface area contributed by atoms with Crippen molar-refractivity contribution in [3.63, 3.8) is 0 Å². The molecule has 1 amide bonds. The van der Waals surface area contributed by atoms with Crippen LogP contribution >= 0.6 is 0 Å². The van der Waals surface area contributed by atoms with Crippen molar-refractivity contribution in [1.82, 2.24) is 14.8 Å². The Bertz CT molecular complexity index is 870. The average Bonchev–Trinajstić information content (AvgIpc) is 2.98. The van der Waals surface area contributed by atoms with Gasteiger partial charge in [-0.15, -0.1) is 0 Å². The summed E-state index contributed by atoms with van der Waals surface area (Å²) in [6.07, 6.45) is 1.69. The molecule has 2 aliphatic heterocycles. The standard InChI is InChI=1S/C23H29N3O3/c1-17-5-3-6-20(24-17)15-25-9-4-10-26(12-11-25)23(27)19-13-18-14-21(28-2)7-8-22(18)29-16-19/h3,5-8,14,19H,4,9-13,15-16H2,1-2H3/t19-/m0/s1. The summed E-state index contributed by atoms with van der Waals surface area (Å²) >= 11 is 0. The molecule has 154 valence electrons. The predicted molar refractivity (Wildman–Crippen MR) is 111 cm³/mol. The molecule has 2 aliphatic rings. The van der Waals surface area contributed by atoms with Crippen molar-refractivity contribution in [2.45, 2.75) is 26.3 Å². The van der Waals surface area contributed by atoms with E-state index in [1.165, 1.54) is 0 Å². The Balaban J connectivity index is 1.36. The average molecular weight is 396 g/mol. The minimum atomic E-state index is -0.125. The molecule has 0 radical (unpaired) electrons. The molecular weight excluding hydrogens is 366 g/mol. The van der Waals surface area contributed by atoms with Crippen LogP contribution in [0.15, 0.2) is 36.4 Å². The highest BCUT2D eigenvalue weighted by atomic mass is 16.5. The minimum Gasteiger partial charge on any atom is -0.497 e. The van der Waals surface area contributed by atoms with Crippen LogP contribution in [0.2, 0.25) is 0 Å². The minimum absolute atomic E-state index is 0.125. The van der Waals surface area contributed by atoms with E-state index in [0.29, 0.717) is 13.0 Å². The molecule has 2 aromatic rings. The van der Waals surface area contributed by atoms with Crippen LogP contribution in [0.3, 0.4) is 0 Å². The number of aryl methyl sites for hydroxylation is 1. The van der Waals surface area contributed by atoms with Gasteiger partial charge in [0.25, 0.3) is 0 Å². The number of fused-ring (bicyclic) bond motifs is 1. The van der Waals surface area contributed by atoms with Gasteiger partial charge in [-0.2, -0.15) is 0 Å². The van der Waals surface area contributed by atoms with Crippen molar-refractivity contribution < 1.29 is 14.3 Å². The quantitative estimate of drug-likeness (QED) is 0.797. The van der Waals surface area contributed by atoms with Gasteiger partial charge < -0.3 is 14.4 Å². The lowest BCUT2D eigenvalue weighted by atomic mass is 9.95. The molecule has 4 rings (SSSR count). The van der Waals surface area contributed by atoms with E-state index >= 15 is 0 Å². The second kappa shape index (κ2) is 8.82. The molecule has 0 bridgehead atoms. The van der Waals surface area contributed by atoms with Crippen LogP contribution in [-0.2, 0) is 17.8 Å². The van der Waals surface area contributed by atoms with Crippen molar-refractivity contribution in [2.75, 3.05) is 39.9 Å². The molecule has 0 N–H and O–H groups in total. The van der Waals surface area contributed by atoms with Gasteiger partial charge >= 0.3 is 0 Å². The zero-order valence-electron chi connectivity index (χ0n) is 17.3. The molecule has 1 fully saturated rings. The molecule has 1 atom stereocenters. The highest BCUT2D eigenvalue weighted by Crippen LogP contribution is 2.31. The first-order valence-corrected chi connectivity index (χ1v) is 10.4. The lowest BCUT2D eigenvalue weighted by molar-refractivity contribution is -0.136. The molecule has 0 unspecified atom stereocenters. The molecule has 29 heavy (non-hydrogen) atoms. The lowest BCUT2D eigenvalue weighted by Crippen LogP contribution is -2.42. The van der Waals surface area contributed by atoms with Gasteiger partial charge in [0.1, 0.15) is 18.1 Å². The topological polar surface area (TPSA) is 54.9 Å². The smallest absolute Gasteiger partial charge is 0.229 e. The predicted octanol–water partition coefficient (Wildman–Crippen LogP) is 2.68. The van der Waals surface area contributed by atoms with Crippen molar-refractivity contribution >= 4 is 5.91 Å². The van der Waals surface area contributed by atoms with Gasteiger partial charge in [-0.3, -0.25) is 14.7 Å². The number of pyridine rings is 1. The van der Waals surface area contributed by atoms with E-state index in [-0.39, 0.29) is 11.8 Å². The number of amides is 1. The summed E-state index contributed by atoms with van der Waals surface area (Å²) < 4.78 is 11.2. The number of aromatic nitrogens is 1. The second-order valence-corrected chi connectivity index (χ2v) is 7.91. The van der Waals surface area contributed by atoms with Crippen molar-refractivity contribution in [1.29, 1.82) is 0 Å². The number of carbonyl (C=O) groups excluding carboxylic acids is 1.